The summed E-state index contributed by atoms with van der Waals surface area (Å²) in [5, 5.41) is 0. The first-order valence-corrected chi connectivity index (χ1v) is 5.07. The number of nitrogens with zero attached hydrogens (tertiary/aromatic N) is 1. The molecule has 0 aliphatic carbocycles. The van der Waals surface area contributed by atoms with E-state index < -0.39 is 0 Å². The SMILES string of the molecule is CCOc1ccc([N+](C)(C)C(C)=O)cc1. The summed E-state index contributed by atoms with van der Waals surface area (Å²) in [5.41, 5.74) is 0.964. The minimum Gasteiger partial charge on any atom is -0.494 e. The van der Waals surface area contributed by atoms with E-state index >= 15 is 0 Å². The molecular formula is C12H18NO2+. The van der Waals surface area contributed by atoms with Crippen molar-refractivity contribution in [2.24, 2.45) is 0 Å². The summed E-state index contributed by atoms with van der Waals surface area (Å²) in [4.78, 5) is 11.4. The number of carbonyl (C=O) groups excluding carboxylic acids is 1. The van der Waals surface area contributed by atoms with Crippen molar-refractivity contribution < 1.29 is 9.53 Å². The Balaban J connectivity index is 2.93. The van der Waals surface area contributed by atoms with Crippen LogP contribution < -0.4 is 9.22 Å². The third-order valence-corrected chi connectivity index (χ3v) is 2.58. The lowest BCUT2D eigenvalue weighted by molar-refractivity contribution is -0.125. The summed E-state index contributed by atoms with van der Waals surface area (Å²) in [6.07, 6.45) is 0. The van der Waals surface area contributed by atoms with Gasteiger partial charge in [0.25, 0.3) is 0 Å². The molecule has 1 rings (SSSR count). The van der Waals surface area contributed by atoms with Crippen LogP contribution in [0.25, 0.3) is 0 Å². The molecule has 0 heterocycles. The smallest absolute Gasteiger partial charge is 0.315 e. The van der Waals surface area contributed by atoms with Crippen LogP contribution in [0.2, 0.25) is 0 Å². The summed E-state index contributed by atoms with van der Waals surface area (Å²) in [6.45, 7) is 4.20. The molecule has 0 N–H and O–H groups in total. The minimum atomic E-state index is 0.110. The molecule has 0 bridgehead atoms. The van der Waals surface area contributed by atoms with Crippen LogP contribution in [-0.4, -0.2) is 26.6 Å². The lowest BCUT2D eigenvalue weighted by atomic mass is 10.2. The average molecular weight is 208 g/mol. The molecule has 3 nitrogen and oxygen atoms in total. The standard InChI is InChI=1S/C12H18NO2/c1-5-15-12-8-6-11(7-9-12)13(3,4)10(2)14/h6-9H,5H2,1-4H3/q+1. The Morgan fingerprint density at radius 1 is 1.27 bits per heavy atom. The van der Waals surface area contributed by atoms with Gasteiger partial charge in [-0.05, 0) is 19.1 Å². The van der Waals surface area contributed by atoms with Crippen LogP contribution in [0.5, 0.6) is 5.75 Å². The Morgan fingerprint density at radius 2 is 1.80 bits per heavy atom. The topological polar surface area (TPSA) is 26.3 Å². The molecule has 0 aliphatic heterocycles. The predicted octanol–water partition coefficient (Wildman–Crippen LogP) is 2.20. The fourth-order valence-electron chi connectivity index (χ4n) is 1.26. The Morgan fingerprint density at radius 3 is 2.20 bits per heavy atom. The summed E-state index contributed by atoms with van der Waals surface area (Å²) >= 11 is 0. The van der Waals surface area contributed by atoms with Gasteiger partial charge in [0.05, 0.1) is 27.6 Å². The molecule has 3 heteroatoms. The number of ether oxygens (including phenoxy) is 1. The van der Waals surface area contributed by atoms with Gasteiger partial charge < -0.3 is 4.74 Å². The van der Waals surface area contributed by atoms with E-state index in [-0.39, 0.29) is 10.4 Å². The van der Waals surface area contributed by atoms with Crippen LogP contribution in [0.15, 0.2) is 24.3 Å². The highest BCUT2D eigenvalue weighted by Crippen LogP contribution is 2.22. The van der Waals surface area contributed by atoms with Crippen LogP contribution in [0.3, 0.4) is 0 Å². The van der Waals surface area contributed by atoms with Crippen LogP contribution in [-0.2, 0) is 4.79 Å². The Bertz CT molecular complexity index is 341. The highest BCUT2D eigenvalue weighted by Gasteiger charge is 2.24. The molecule has 0 aromatic heterocycles. The quantitative estimate of drug-likeness (QED) is 0.712. The maximum absolute atomic E-state index is 11.4. The molecule has 1 aromatic carbocycles. The molecule has 1 aromatic rings. The van der Waals surface area contributed by atoms with E-state index in [1.165, 1.54) is 0 Å². The van der Waals surface area contributed by atoms with Gasteiger partial charge in [-0.15, -0.1) is 0 Å². The molecule has 0 radical (unpaired) electrons. The lowest BCUT2D eigenvalue weighted by Gasteiger charge is -2.24. The van der Waals surface area contributed by atoms with Crippen LogP contribution in [0.1, 0.15) is 13.8 Å². The van der Waals surface area contributed by atoms with E-state index in [0.29, 0.717) is 6.61 Å². The number of benzene rings is 1. The van der Waals surface area contributed by atoms with Gasteiger partial charge in [0, 0.05) is 12.1 Å². The molecule has 1 amide bonds. The molecule has 0 aliphatic rings. The summed E-state index contributed by atoms with van der Waals surface area (Å²) < 4.78 is 5.60. The van der Waals surface area contributed by atoms with E-state index in [2.05, 4.69) is 0 Å². The zero-order chi connectivity index (χ0) is 11.5. The maximum atomic E-state index is 11.4. The normalized spacial score (nSPS) is 11.2. The summed E-state index contributed by atoms with van der Waals surface area (Å²) in [5.74, 6) is 0.948. The number of quaternary nitrogens is 1. The molecule has 0 saturated carbocycles. The molecule has 82 valence electrons. The molecule has 0 spiro atoms. The van der Waals surface area contributed by atoms with Crippen molar-refractivity contribution in [2.75, 3.05) is 20.7 Å². The van der Waals surface area contributed by atoms with Crippen molar-refractivity contribution in [3.63, 3.8) is 0 Å². The zero-order valence-corrected chi connectivity index (χ0v) is 9.78. The molecule has 0 unspecified atom stereocenters. The molecule has 0 fully saturated rings. The second-order valence-corrected chi connectivity index (χ2v) is 3.90. The Labute approximate surface area is 90.9 Å². The van der Waals surface area contributed by atoms with E-state index in [1.54, 1.807) is 6.92 Å². The van der Waals surface area contributed by atoms with Gasteiger partial charge in [-0.1, -0.05) is 0 Å². The third-order valence-electron chi connectivity index (χ3n) is 2.58. The molecule has 0 atom stereocenters. The van der Waals surface area contributed by atoms with Crippen molar-refractivity contribution in [2.45, 2.75) is 13.8 Å². The number of hydrogen-bond acceptors (Lipinski definition) is 2. The second kappa shape index (κ2) is 4.45. The van der Waals surface area contributed by atoms with Gasteiger partial charge in [0.2, 0.25) is 0 Å². The van der Waals surface area contributed by atoms with Crippen molar-refractivity contribution >= 4 is 11.6 Å². The fraction of sp³-hybridized carbons (Fsp3) is 0.417. The van der Waals surface area contributed by atoms with Gasteiger partial charge >= 0.3 is 5.91 Å². The molecule has 15 heavy (non-hydrogen) atoms. The minimum absolute atomic E-state index is 0.110. The first-order chi connectivity index (χ1) is 6.98. The fourth-order valence-corrected chi connectivity index (χ4v) is 1.26. The molecule has 0 saturated heterocycles. The monoisotopic (exact) mass is 208 g/mol. The van der Waals surface area contributed by atoms with Gasteiger partial charge in [-0.25, -0.2) is 9.28 Å². The van der Waals surface area contributed by atoms with E-state index in [1.807, 2.05) is 45.3 Å². The first-order valence-electron chi connectivity index (χ1n) is 5.07. The average Bonchev–Trinajstić information content (AvgIpc) is 2.19. The van der Waals surface area contributed by atoms with Crippen molar-refractivity contribution in [1.82, 2.24) is 4.48 Å². The number of rotatable bonds is 3. The van der Waals surface area contributed by atoms with Crippen LogP contribution >= 0.6 is 0 Å². The van der Waals surface area contributed by atoms with Crippen molar-refractivity contribution in [1.29, 1.82) is 0 Å². The van der Waals surface area contributed by atoms with Crippen molar-refractivity contribution in [3.05, 3.63) is 24.3 Å². The predicted molar refractivity (Wildman–Crippen MR) is 61.9 cm³/mol. The first kappa shape index (κ1) is 11.7. The zero-order valence-electron chi connectivity index (χ0n) is 9.78. The third kappa shape index (κ3) is 2.57. The number of carbonyl (C=O) groups is 1. The Kier molecular flexibility index (Phi) is 3.48. The number of hydrogen-bond donors (Lipinski definition) is 0. The highest BCUT2D eigenvalue weighted by molar-refractivity contribution is 5.85. The van der Waals surface area contributed by atoms with Gasteiger partial charge in [0.15, 0.2) is 0 Å². The van der Waals surface area contributed by atoms with Crippen LogP contribution in [0, 0.1) is 0 Å². The Hall–Kier alpha value is -1.35. The molecular weight excluding hydrogens is 190 g/mol. The van der Waals surface area contributed by atoms with Gasteiger partial charge in [-0.3, -0.25) is 0 Å². The lowest BCUT2D eigenvalue weighted by Crippen LogP contribution is -2.44. The van der Waals surface area contributed by atoms with Crippen LogP contribution in [0.4, 0.5) is 5.69 Å². The van der Waals surface area contributed by atoms with E-state index in [4.69, 9.17) is 4.74 Å². The number of amides is 1. The maximum Gasteiger partial charge on any atom is 0.315 e. The summed E-state index contributed by atoms with van der Waals surface area (Å²) in [6, 6.07) is 7.63. The van der Waals surface area contributed by atoms with Crippen molar-refractivity contribution in [3.8, 4) is 5.75 Å². The van der Waals surface area contributed by atoms with E-state index in [0.717, 1.165) is 11.4 Å². The largest absolute Gasteiger partial charge is 0.494 e. The highest BCUT2D eigenvalue weighted by atomic mass is 16.5. The van der Waals surface area contributed by atoms with E-state index in [9.17, 15) is 4.79 Å². The summed E-state index contributed by atoms with van der Waals surface area (Å²) in [7, 11) is 3.75. The van der Waals surface area contributed by atoms with Gasteiger partial charge in [-0.2, -0.15) is 0 Å². The second-order valence-electron chi connectivity index (χ2n) is 3.90. The van der Waals surface area contributed by atoms with Gasteiger partial charge in [0.1, 0.15) is 11.4 Å².